The van der Waals surface area contributed by atoms with Gasteiger partial charge in [-0.1, -0.05) is 18.9 Å². The van der Waals surface area contributed by atoms with Crippen LogP contribution in [0.1, 0.15) is 31.2 Å². The Bertz CT molecular complexity index is 723. The van der Waals surface area contributed by atoms with Crippen LogP contribution in [0.25, 0.3) is 0 Å². The molecular weight excluding hydrogens is 336 g/mol. The Labute approximate surface area is 151 Å². The van der Waals surface area contributed by atoms with Crippen molar-refractivity contribution in [1.29, 1.82) is 0 Å². The summed E-state index contributed by atoms with van der Waals surface area (Å²) < 4.78 is 11.0. The summed E-state index contributed by atoms with van der Waals surface area (Å²) in [6, 6.07) is 5.50. The molecule has 26 heavy (non-hydrogen) atoms. The van der Waals surface area contributed by atoms with Crippen LogP contribution >= 0.6 is 0 Å². The van der Waals surface area contributed by atoms with E-state index >= 15 is 0 Å². The number of carbonyl (C=O) groups excluding carboxylic acids is 3. The first-order valence-corrected chi connectivity index (χ1v) is 9.14. The first kappa shape index (κ1) is 16.9. The summed E-state index contributed by atoms with van der Waals surface area (Å²) in [4.78, 5) is 38.2. The van der Waals surface area contributed by atoms with E-state index in [-0.39, 0.29) is 36.1 Å². The number of hydrogen-bond acceptors (Lipinski definition) is 5. The van der Waals surface area contributed by atoms with Gasteiger partial charge in [0.1, 0.15) is 19.8 Å². The van der Waals surface area contributed by atoms with Crippen molar-refractivity contribution in [2.45, 2.75) is 32.2 Å². The van der Waals surface area contributed by atoms with Gasteiger partial charge in [-0.2, -0.15) is 0 Å². The molecule has 3 amide bonds. The van der Waals surface area contributed by atoms with Crippen LogP contribution in [0.2, 0.25) is 0 Å². The van der Waals surface area contributed by atoms with Crippen LogP contribution in [0.5, 0.6) is 11.5 Å². The monoisotopic (exact) mass is 358 g/mol. The van der Waals surface area contributed by atoms with Gasteiger partial charge in [0.15, 0.2) is 11.5 Å². The lowest BCUT2D eigenvalue weighted by molar-refractivity contribution is -0.143. The molecule has 138 valence electrons. The second-order valence-corrected chi connectivity index (χ2v) is 7.01. The second kappa shape index (κ2) is 6.97. The van der Waals surface area contributed by atoms with E-state index in [0.29, 0.717) is 31.3 Å². The average molecular weight is 358 g/mol. The number of amides is 3. The van der Waals surface area contributed by atoms with Gasteiger partial charge in [-0.25, -0.2) is 0 Å². The molecule has 0 aromatic heterocycles. The Morgan fingerprint density at radius 1 is 1.04 bits per heavy atom. The standard InChI is InChI=1S/C19H22N2O5/c22-17(11-21-18(23)13-3-1-2-4-14(13)19(21)24)20-10-12-5-6-15-16(9-12)26-8-7-25-15/h5-6,9,13-14H,1-4,7-8,10-11H2,(H,20,22)/t13-,14-/m0/s1. The van der Waals surface area contributed by atoms with Gasteiger partial charge >= 0.3 is 0 Å². The SMILES string of the molecule is O=C(CN1C(=O)[C@H]2CCCC[C@@H]2C1=O)NCc1ccc2c(c1)OCCO2. The van der Waals surface area contributed by atoms with E-state index in [9.17, 15) is 14.4 Å². The fourth-order valence-corrected chi connectivity index (χ4v) is 3.98. The summed E-state index contributed by atoms with van der Waals surface area (Å²) in [6.45, 7) is 1.14. The summed E-state index contributed by atoms with van der Waals surface area (Å²) in [6.07, 6.45) is 3.46. The van der Waals surface area contributed by atoms with E-state index in [1.54, 1.807) is 0 Å². The molecule has 2 fully saturated rings. The Hall–Kier alpha value is -2.57. The number of benzene rings is 1. The molecule has 4 rings (SSSR count). The average Bonchev–Trinajstić information content (AvgIpc) is 2.91. The molecule has 1 N–H and O–H groups in total. The van der Waals surface area contributed by atoms with Crippen LogP contribution in [-0.2, 0) is 20.9 Å². The Morgan fingerprint density at radius 3 is 2.38 bits per heavy atom. The van der Waals surface area contributed by atoms with Gasteiger partial charge in [-0.05, 0) is 30.5 Å². The number of rotatable bonds is 4. The summed E-state index contributed by atoms with van der Waals surface area (Å²) in [5, 5.41) is 2.77. The normalized spacial score (nSPS) is 24.4. The van der Waals surface area contributed by atoms with Crippen molar-refractivity contribution in [2.24, 2.45) is 11.8 Å². The molecule has 7 heteroatoms. The molecule has 1 saturated heterocycles. The van der Waals surface area contributed by atoms with Gasteiger partial charge in [0, 0.05) is 6.54 Å². The van der Waals surface area contributed by atoms with Gasteiger partial charge < -0.3 is 14.8 Å². The van der Waals surface area contributed by atoms with Gasteiger partial charge in [0.2, 0.25) is 17.7 Å². The zero-order valence-corrected chi connectivity index (χ0v) is 14.5. The first-order valence-electron chi connectivity index (χ1n) is 9.14. The fourth-order valence-electron chi connectivity index (χ4n) is 3.98. The largest absolute Gasteiger partial charge is 0.486 e. The number of hydrogen-bond donors (Lipinski definition) is 1. The quantitative estimate of drug-likeness (QED) is 0.819. The second-order valence-electron chi connectivity index (χ2n) is 7.01. The van der Waals surface area contributed by atoms with Gasteiger partial charge in [-0.3, -0.25) is 19.3 Å². The molecule has 1 aromatic carbocycles. The lowest BCUT2D eigenvalue weighted by atomic mass is 9.81. The summed E-state index contributed by atoms with van der Waals surface area (Å²) >= 11 is 0. The van der Waals surface area contributed by atoms with E-state index in [1.165, 1.54) is 0 Å². The molecule has 0 spiro atoms. The number of nitrogens with zero attached hydrogens (tertiary/aromatic N) is 1. The highest BCUT2D eigenvalue weighted by molar-refractivity contribution is 6.07. The third kappa shape index (κ3) is 3.13. The number of nitrogens with one attached hydrogen (secondary N) is 1. The van der Waals surface area contributed by atoms with Crippen molar-refractivity contribution in [3.05, 3.63) is 23.8 Å². The third-order valence-corrected chi connectivity index (χ3v) is 5.33. The Morgan fingerprint density at radius 2 is 1.69 bits per heavy atom. The van der Waals surface area contributed by atoms with E-state index in [0.717, 1.165) is 36.1 Å². The topological polar surface area (TPSA) is 84.9 Å². The van der Waals surface area contributed by atoms with Crippen LogP contribution in [0, 0.1) is 11.8 Å². The number of fused-ring (bicyclic) bond motifs is 2. The van der Waals surface area contributed by atoms with Crippen molar-refractivity contribution in [3.63, 3.8) is 0 Å². The molecule has 1 aromatic rings. The van der Waals surface area contributed by atoms with Crippen LogP contribution < -0.4 is 14.8 Å². The summed E-state index contributed by atoms with van der Waals surface area (Å²) in [5.41, 5.74) is 0.871. The summed E-state index contributed by atoms with van der Waals surface area (Å²) in [7, 11) is 0. The molecule has 1 saturated carbocycles. The molecule has 1 aliphatic carbocycles. The lowest BCUT2D eigenvalue weighted by Crippen LogP contribution is -2.40. The maximum atomic E-state index is 12.4. The maximum Gasteiger partial charge on any atom is 0.240 e. The molecule has 7 nitrogen and oxygen atoms in total. The maximum absolute atomic E-state index is 12.4. The zero-order valence-electron chi connectivity index (χ0n) is 14.5. The number of likely N-dealkylation sites (tertiary alicyclic amines) is 1. The van der Waals surface area contributed by atoms with Crippen molar-refractivity contribution in [3.8, 4) is 11.5 Å². The van der Waals surface area contributed by atoms with Gasteiger partial charge in [0.25, 0.3) is 0 Å². The van der Waals surface area contributed by atoms with E-state index in [4.69, 9.17) is 9.47 Å². The van der Waals surface area contributed by atoms with Gasteiger partial charge in [-0.15, -0.1) is 0 Å². The zero-order chi connectivity index (χ0) is 18.1. The number of carbonyl (C=O) groups is 3. The van der Waals surface area contributed by atoms with Crippen LogP contribution in [0.15, 0.2) is 18.2 Å². The molecule has 0 unspecified atom stereocenters. The number of imide groups is 1. The minimum Gasteiger partial charge on any atom is -0.486 e. The highest BCUT2D eigenvalue weighted by atomic mass is 16.6. The minimum atomic E-state index is -0.333. The highest BCUT2D eigenvalue weighted by Crippen LogP contribution is 2.37. The van der Waals surface area contributed by atoms with Crippen LogP contribution in [0.3, 0.4) is 0 Å². The Balaban J connectivity index is 1.34. The predicted molar refractivity (Wildman–Crippen MR) is 91.4 cm³/mol. The molecule has 3 aliphatic rings. The molecule has 0 bridgehead atoms. The molecule has 2 atom stereocenters. The molecular formula is C19H22N2O5. The Kier molecular flexibility index (Phi) is 4.53. The van der Waals surface area contributed by atoms with E-state index < -0.39 is 0 Å². The number of ether oxygens (including phenoxy) is 2. The van der Waals surface area contributed by atoms with Crippen molar-refractivity contribution < 1.29 is 23.9 Å². The van der Waals surface area contributed by atoms with Crippen LogP contribution in [0.4, 0.5) is 0 Å². The molecule has 2 heterocycles. The van der Waals surface area contributed by atoms with Gasteiger partial charge in [0.05, 0.1) is 11.8 Å². The molecule has 0 radical (unpaired) electrons. The molecule has 2 aliphatic heterocycles. The van der Waals surface area contributed by atoms with E-state index in [2.05, 4.69) is 5.32 Å². The summed E-state index contributed by atoms with van der Waals surface area (Å²) in [5.74, 6) is 0.214. The third-order valence-electron chi connectivity index (χ3n) is 5.33. The minimum absolute atomic E-state index is 0.186. The fraction of sp³-hybridized carbons (Fsp3) is 0.526. The predicted octanol–water partition coefficient (Wildman–Crippen LogP) is 1.25. The van der Waals surface area contributed by atoms with Crippen molar-refractivity contribution in [2.75, 3.05) is 19.8 Å². The lowest BCUT2D eigenvalue weighted by Gasteiger charge is -2.19. The van der Waals surface area contributed by atoms with Crippen molar-refractivity contribution in [1.82, 2.24) is 10.2 Å². The van der Waals surface area contributed by atoms with Crippen molar-refractivity contribution >= 4 is 17.7 Å². The van der Waals surface area contributed by atoms with E-state index in [1.807, 2.05) is 18.2 Å². The van der Waals surface area contributed by atoms with Crippen LogP contribution in [-0.4, -0.2) is 42.4 Å². The highest BCUT2D eigenvalue weighted by Gasteiger charge is 2.48. The smallest absolute Gasteiger partial charge is 0.240 e. The first-order chi connectivity index (χ1) is 12.6.